The Kier molecular flexibility index (Phi) is 6.70. The zero-order valence-corrected chi connectivity index (χ0v) is 15.0. The minimum atomic E-state index is -0.0925. The fourth-order valence-electron chi connectivity index (χ4n) is 4.19. The molecule has 3 rings (SSSR count). The summed E-state index contributed by atoms with van der Waals surface area (Å²) in [5, 5.41) is 15.4. The summed E-state index contributed by atoms with van der Waals surface area (Å²) >= 11 is 0. The maximum atomic E-state index is 12.5. The van der Waals surface area contributed by atoms with E-state index in [0.29, 0.717) is 6.42 Å². The Morgan fingerprint density at radius 3 is 2.68 bits per heavy atom. The van der Waals surface area contributed by atoms with Crippen LogP contribution >= 0.6 is 0 Å². The van der Waals surface area contributed by atoms with Crippen molar-refractivity contribution in [3.8, 4) is 0 Å². The number of nitrogens with zero attached hydrogens (tertiary/aromatic N) is 1. The molecule has 0 spiro atoms. The van der Waals surface area contributed by atoms with Gasteiger partial charge in [-0.2, -0.15) is 0 Å². The highest BCUT2D eigenvalue weighted by atomic mass is 16.3. The van der Waals surface area contributed by atoms with Crippen molar-refractivity contribution < 1.29 is 9.90 Å². The molecule has 1 saturated heterocycles. The first-order valence-corrected chi connectivity index (χ1v) is 9.73. The molecule has 138 valence electrons. The predicted octanol–water partition coefficient (Wildman–Crippen LogP) is 2.82. The van der Waals surface area contributed by atoms with Gasteiger partial charge in [-0.15, -0.1) is 0 Å². The second-order valence-electron chi connectivity index (χ2n) is 7.37. The Bertz CT molecular complexity index is 531. The average molecular weight is 345 g/mol. The minimum Gasteiger partial charge on any atom is -0.396 e. The van der Waals surface area contributed by atoms with Crippen molar-refractivity contribution >= 4 is 6.03 Å². The molecule has 0 aromatic heterocycles. The van der Waals surface area contributed by atoms with E-state index in [2.05, 4.69) is 15.5 Å². The molecule has 2 atom stereocenters. The van der Waals surface area contributed by atoms with E-state index in [4.69, 9.17) is 5.11 Å². The zero-order valence-electron chi connectivity index (χ0n) is 15.0. The Balaban J connectivity index is 1.49. The van der Waals surface area contributed by atoms with Crippen LogP contribution in [0.25, 0.3) is 0 Å². The van der Waals surface area contributed by atoms with E-state index in [1.54, 1.807) is 0 Å². The second-order valence-corrected chi connectivity index (χ2v) is 7.37. The Morgan fingerprint density at radius 1 is 1.20 bits per heavy atom. The van der Waals surface area contributed by atoms with Crippen molar-refractivity contribution in [3.63, 3.8) is 0 Å². The van der Waals surface area contributed by atoms with Gasteiger partial charge in [0.25, 0.3) is 0 Å². The van der Waals surface area contributed by atoms with E-state index in [-0.39, 0.29) is 24.7 Å². The number of likely N-dealkylation sites (tertiary alicyclic amines) is 1. The van der Waals surface area contributed by atoms with Gasteiger partial charge in [-0.05, 0) is 37.7 Å². The molecule has 5 nitrogen and oxygen atoms in total. The summed E-state index contributed by atoms with van der Waals surface area (Å²) in [6.45, 7) is 2.22. The molecule has 1 heterocycles. The summed E-state index contributed by atoms with van der Waals surface area (Å²) in [4.78, 5) is 15.0. The number of carbonyl (C=O) groups is 1. The van der Waals surface area contributed by atoms with Crippen molar-refractivity contribution in [2.24, 2.45) is 0 Å². The van der Waals surface area contributed by atoms with E-state index < -0.39 is 0 Å². The van der Waals surface area contributed by atoms with Crippen molar-refractivity contribution in [1.29, 1.82) is 0 Å². The van der Waals surface area contributed by atoms with Gasteiger partial charge in [0.15, 0.2) is 0 Å². The molecule has 1 aliphatic carbocycles. The van der Waals surface area contributed by atoms with Gasteiger partial charge in [0.2, 0.25) is 0 Å². The molecule has 0 radical (unpaired) electrons. The molecule has 5 heteroatoms. The third kappa shape index (κ3) is 5.19. The average Bonchev–Trinajstić information content (AvgIpc) is 3.31. The number of nitrogens with one attached hydrogen (secondary N) is 2. The van der Waals surface area contributed by atoms with Crippen molar-refractivity contribution in [2.45, 2.75) is 63.1 Å². The van der Waals surface area contributed by atoms with Crippen LogP contribution in [-0.4, -0.2) is 47.8 Å². The molecular weight excluding hydrogens is 314 g/mol. The topological polar surface area (TPSA) is 64.6 Å². The van der Waals surface area contributed by atoms with E-state index in [0.717, 1.165) is 37.5 Å². The first-order chi connectivity index (χ1) is 12.3. The van der Waals surface area contributed by atoms with Crippen LogP contribution in [-0.2, 0) is 0 Å². The van der Waals surface area contributed by atoms with Gasteiger partial charge < -0.3 is 15.7 Å². The highest BCUT2D eigenvalue weighted by molar-refractivity contribution is 5.74. The van der Waals surface area contributed by atoms with Crippen molar-refractivity contribution in [1.82, 2.24) is 15.5 Å². The Labute approximate surface area is 150 Å². The van der Waals surface area contributed by atoms with Gasteiger partial charge in [-0.3, -0.25) is 4.90 Å². The highest BCUT2D eigenvalue weighted by Crippen LogP contribution is 2.26. The minimum absolute atomic E-state index is 0.0549. The summed E-state index contributed by atoms with van der Waals surface area (Å²) in [6, 6.07) is 10.8. The van der Waals surface area contributed by atoms with Crippen LogP contribution in [0.5, 0.6) is 0 Å². The molecule has 2 amide bonds. The fourth-order valence-corrected chi connectivity index (χ4v) is 4.19. The number of aliphatic hydroxyl groups is 1. The third-order valence-corrected chi connectivity index (χ3v) is 5.55. The molecule has 1 aromatic rings. The summed E-state index contributed by atoms with van der Waals surface area (Å²) < 4.78 is 0. The largest absolute Gasteiger partial charge is 0.396 e. The number of rotatable bonds is 7. The van der Waals surface area contributed by atoms with Crippen LogP contribution < -0.4 is 10.6 Å². The molecule has 1 aliphatic heterocycles. The van der Waals surface area contributed by atoms with Crippen LogP contribution in [0.2, 0.25) is 0 Å². The zero-order chi connectivity index (χ0) is 17.5. The number of aliphatic hydroxyl groups excluding tert-OH is 1. The monoisotopic (exact) mass is 345 g/mol. The lowest BCUT2D eigenvalue weighted by atomic mass is 10.0. The molecule has 2 aliphatic rings. The lowest BCUT2D eigenvalue weighted by Crippen LogP contribution is -2.45. The lowest BCUT2D eigenvalue weighted by molar-refractivity contribution is 0.223. The van der Waals surface area contributed by atoms with Gasteiger partial charge in [-0.1, -0.05) is 43.2 Å². The quantitative estimate of drug-likeness (QED) is 0.712. The molecule has 1 aromatic carbocycles. The van der Waals surface area contributed by atoms with Gasteiger partial charge in [-0.25, -0.2) is 4.79 Å². The van der Waals surface area contributed by atoms with Crippen molar-refractivity contribution in [2.75, 3.05) is 19.7 Å². The number of hydrogen-bond donors (Lipinski definition) is 3. The molecule has 3 N–H and O–H groups in total. The SMILES string of the molecule is O=C(NC1CCN(C2CCCC2)C1)NC(CCCO)c1ccccc1. The number of hydrogen-bond acceptors (Lipinski definition) is 3. The van der Waals surface area contributed by atoms with Gasteiger partial charge in [0.1, 0.15) is 0 Å². The van der Waals surface area contributed by atoms with Gasteiger partial charge in [0, 0.05) is 31.8 Å². The molecule has 2 fully saturated rings. The van der Waals surface area contributed by atoms with Crippen LogP contribution in [0.3, 0.4) is 0 Å². The normalized spacial score (nSPS) is 22.8. The second kappa shape index (κ2) is 9.20. The molecule has 2 unspecified atom stereocenters. The molecule has 1 saturated carbocycles. The third-order valence-electron chi connectivity index (χ3n) is 5.55. The maximum absolute atomic E-state index is 12.5. The maximum Gasteiger partial charge on any atom is 0.315 e. The van der Waals surface area contributed by atoms with Crippen LogP contribution in [0.4, 0.5) is 4.79 Å². The van der Waals surface area contributed by atoms with Crippen molar-refractivity contribution in [3.05, 3.63) is 35.9 Å². The molecular formula is C20H31N3O2. The van der Waals surface area contributed by atoms with Crippen LogP contribution in [0, 0.1) is 0 Å². The van der Waals surface area contributed by atoms with Crippen LogP contribution in [0.1, 0.15) is 56.6 Å². The van der Waals surface area contributed by atoms with Gasteiger partial charge >= 0.3 is 6.03 Å². The predicted molar refractivity (Wildman–Crippen MR) is 99.4 cm³/mol. The van der Waals surface area contributed by atoms with E-state index in [1.807, 2.05) is 30.3 Å². The number of amides is 2. The number of benzene rings is 1. The van der Waals surface area contributed by atoms with E-state index in [1.165, 1.54) is 25.7 Å². The lowest BCUT2D eigenvalue weighted by Gasteiger charge is -2.24. The number of carbonyl (C=O) groups excluding carboxylic acids is 1. The number of urea groups is 1. The summed E-state index contributed by atoms with van der Waals surface area (Å²) in [6.07, 6.45) is 7.79. The Morgan fingerprint density at radius 2 is 1.96 bits per heavy atom. The van der Waals surface area contributed by atoms with Crippen LogP contribution in [0.15, 0.2) is 30.3 Å². The van der Waals surface area contributed by atoms with E-state index in [9.17, 15) is 4.79 Å². The summed E-state index contributed by atoms with van der Waals surface area (Å²) in [5.41, 5.74) is 1.09. The summed E-state index contributed by atoms with van der Waals surface area (Å²) in [5.74, 6) is 0. The fraction of sp³-hybridized carbons (Fsp3) is 0.650. The highest BCUT2D eigenvalue weighted by Gasteiger charge is 2.30. The molecule has 25 heavy (non-hydrogen) atoms. The van der Waals surface area contributed by atoms with E-state index >= 15 is 0 Å². The Hall–Kier alpha value is -1.59. The molecule has 0 bridgehead atoms. The smallest absolute Gasteiger partial charge is 0.315 e. The summed E-state index contributed by atoms with van der Waals surface area (Å²) in [7, 11) is 0. The first-order valence-electron chi connectivity index (χ1n) is 9.73. The van der Waals surface area contributed by atoms with Gasteiger partial charge in [0.05, 0.1) is 6.04 Å². The standard InChI is InChI=1S/C20H31N3O2/c24-14-6-11-19(16-7-2-1-3-8-16)22-20(25)21-17-12-13-23(15-17)18-9-4-5-10-18/h1-3,7-8,17-19,24H,4-6,9-15H2,(H2,21,22,25). The first kappa shape index (κ1) is 18.2.